The Bertz CT molecular complexity index is 1080. The Balaban J connectivity index is 1.64. The molecule has 0 aliphatic carbocycles. The highest BCUT2D eigenvalue weighted by Gasteiger charge is 2.18. The summed E-state index contributed by atoms with van der Waals surface area (Å²) in [6.07, 6.45) is 0. The minimum Gasteiger partial charge on any atom is -0.491 e. The summed E-state index contributed by atoms with van der Waals surface area (Å²) in [5.41, 5.74) is 1.47. The number of aryl methyl sites for hydroxylation is 1. The van der Waals surface area contributed by atoms with Gasteiger partial charge >= 0.3 is 0 Å². The molecule has 0 saturated carbocycles. The van der Waals surface area contributed by atoms with Crippen molar-refractivity contribution in [3.05, 3.63) is 90.0 Å². The fraction of sp³-hybridized carbons (Fsp3) is 0.136. The van der Waals surface area contributed by atoms with Crippen molar-refractivity contribution in [1.82, 2.24) is 5.32 Å². The van der Waals surface area contributed by atoms with Gasteiger partial charge in [-0.3, -0.25) is 9.52 Å². The molecular weight excluding hydrogens is 388 g/mol. The molecule has 6 nitrogen and oxygen atoms in total. The van der Waals surface area contributed by atoms with Crippen LogP contribution in [0.5, 0.6) is 5.75 Å². The third-order valence-corrected chi connectivity index (χ3v) is 5.59. The van der Waals surface area contributed by atoms with E-state index in [4.69, 9.17) is 4.74 Å². The van der Waals surface area contributed by atoms with Crippen LogP contribution in [-0.2, 0) is 10.0 Å². The molecule has 0 aliphatic rings. The number of benzene rings is 3. The number of carbonyl (C=O) groups is 1. The Morgan fingerprint density at radius 2 is 1.55 bits per heavy atom. The largest absolute Gasteiger partial charge is 0.491 e. The van der Waals surface area contributed by atoms with Crippen LogP contribution in [0.3, 0.4) is 0 Å². The number of ether oxygens (including phenoxy) is 1. The van der Waals surface area contributed by atoms with Gasteiger partial charge in [-0.2, -0.15) is 0 Å². The first-order valence-electron chi connectivity index (χ1n) is 9.11. The van der Waals surface area contributed by atoms with Gasteiger partial charge in [-0.05, 0) is 42.8 Å². The average molecular weight is 410 g/mol. The van der Waals surface area contributed by atoms with Crippen molar-refractivity contribution < 1.29 is 17.9 Å². The van der Waals surface area contributed by atoms with E-state index >= 15 is 0 Å². The highest BCUT2D eigenvalue weighted by molar-refractivity contribution is 7.92. The van der Waals surface area contributed by atoms with Crippen LogP contribution in [0.15, 0.2) is 83.8 Å². The summed E-state index contributed by atoms with van der Waals surface area (Å²) in [6, 6.07) is 22.1. The van der Waals surface area contributed by atoms with E-state index in [-0.39, 0.29) is 28.6 Å². The Kier molecular flexibility index (Phi) is 6.51. The number of hydrogen-bond donors (Lipinski definition) is 2. The topological polar surface area (TPSA) is 84.5 Å². The van der Waals surface area contributed by atoms with Gasteiger partial charge in [-0.1, -0.05) is 48.5 Å². The zero-order valence-corrected chi connectivity index (χ0v) is 16.8. The fourth-order valence-electron chi connectivity index (χ4n) is 2.71. The van der Waals surface area contributed by atoms with E-state index in [1.807, 2.05) is 31.2 Å². The van der Waals surface area contributed by atoms with Gasteiger partial charge in [0.2, 0.25) is 0 Å². The molecule has 3 aromatic rings. The van der Waals surface area contributed by atoms with E-state index in [1.54, 1.807) is 42.5 Å². The van der Waals surface area contributed by atoms with Crippen LogP contribution >= 0.6 is 0 Å². The van der Waals surface area contributed by atoms with Crippen LogP contribution in [0.4, 0.5) is 5.69 Å². The number of nitrogens with one attached hydrogen (secondary N) is 2. The second kappa shape index (κ2) is 9.25. The first-order valence-corrected chi connectivity index (χ1v) is 10.6. The van der Waals surface area contributed by atoms with Gasteiger partial charge in [-0.25, -0.2) is 8.42 Å². The van der Waals surface area contributed by atoms with Crippen molar-refractivity contribution >= 4 is 21.6 Å². The maximum Gasteiger partial charge on any atom is 0.261 e. The maximum atomic E-state index is 12.6. The molecular formula is C22H22N2O4S. The van der Waals surface area contributed by atoms with Gasteiger partial charge in [0.15, 0.2) is 0 Å². The van der Waals surface area contributed by atoms with Crippen molar-refractivity contribution in [3.63, 3.8) is 0 Å². The molecule has 29 heavy (non-hydrogen) atoms. The summed E-state index contributed by atoms with van der Waals surface area (Å²) in [6.45, 7) is 2.53. The lowest BCUT2D eigenvalue weighted by Crippen LogP contribution is -2.29. The first kappa shape index (κ1) is 20.4. The number of hydrogen-bond acceptors (Lipinski definition) is 4. The summed E-state index contributed by atoms with van der Waals surface area (Å²) in [5.74, 6) is 0.377. The third kappa shape index (κ3) is 5.36. The molecule has 0 bridgehead atoms. The lowest BCUT2D eigenvalue weighted by molar-refractivity contribution is 0.0948. The molecule has 150 valence electrons. The Hall–Kier alpha value is -3.32. The maximum absolute atomic E-state index is 12.6. The molecule has 0 atom stereocenters. The van der Waals surface area contributed by atoms with Gasteiger partial charge in [0.1, 0.15) is 12.4 Å². The SMILES string of the molecule is Cc1ccccc1OCCNC(=O)c1ccccc1NS(=O)(=O)c1ccccc1. The first-order chi connectivity index (χ1) is 14.0. The smallest absolute Gasteiger partial charge is 0.261 e. The van der Waals surface area contributed by atoms with Gasteiger partial charge in [0.25, 0.3) is 15.9 Å². The summed E-state index contributed by atoms with van der Waals surface area (Å²) in [7, 11) is -3.79. The minimum atomic E-state index is -3.79. The van der Waals surface area contributed by atoms with Crippen LogP contribution in [0.25, 0.3) is 0 Å². The summed E-state index contributed by atoms with van der Waals surface area (Å²) in [4.78, 5) is 12.7. The number of rotatable bonds is 8. The molecule has 3 rings (SSSR count). The van der Waals surface area contributed by atoms with E-state index in [2.05, 4.69) is 10.0 Å². The highest BCUT2D eigenvalue weighted by Crippen LogP contribution is 2.20. The summed E-state index contributed by atoms with van der Waals surface area (Å²) < 4.78 is 33.3. The lowest BCUT2D eigenvalue weighted by Gasteiger charge is -2.13. The van der Waals surface area contributed by atoms with Crippen molar-refractivity contribution in [2.24, 2.45) is 0 Å². The highest BCUT2D eigenvalue weighted by atomic mass is 32.2. The quantitative estimate of drug-likeness (QED) is 0.556. The predicted molar refractivity (Wildman–Crippen MR) is 113 cm³/mol. The number of sulfonamides is 1. The normalized spacial score (nSPS) is 10.9. The van der Waals surface area contributed by atoms with E-state index in [0.29, 0.717) is 6.61 Å². The minimum absolute atomic E-state index is 0.127. The lowest BCUT2D eigenvalue weighted by atomic mass is 10.1. The molecule has 0 aromatic heterocycles. The average Bonchev–Trinajstić information content (AvgIpc) is 2.73. The van der Waals surface area contributed by atoms with Crippen LogP contribution in [-0.4, -0.2) is 27.5 Å². The third-order valence-electron chi connectivity index (χ3n) is 4.21. The Morgan fingerprint density at radius 1 is 0.897 bits per heavy atom. The molecule has 0 heterocycles. The van der Waals surface area contributed by atoms with Crippen molar-refractivity contribution in [3.8, 4) is 5.75 Å². The summed E-state index contributed by atoms with van der Waals surface area (Å²) >= 11 is 0. The number of para-hydroxylation sites is 2. The second-order valence-corrected chi connectivity index (χ2v) is 8.02. The second-order valence-electron chi connectivity index (χ2n) is 6.33. The zero-order chi connectivity index (χ0) is 20.7. The van der Waals surface area contributed by atoms with E-state index in [9.17, 15) is 13.2 Å². The number of carbonyl (C=O) groups excluding carboxylic acids is 1. The van der Waals surface area contributed by atoms with E-state index < -0.39 is 10.0 Å². The summed E-state index contributed by atoms with van der Waals surface area (Å²) in [5, 5.41) is 2.76. The Morgan fingerprint density at radius 3 is 2.31 bits per heavy atom. The molecule has 0 aliphatic heterocycles. The van der Waals surface area contributed by atoms with Gasteiger partial charge < -0.3 is 10.1 Å². The molecule has 0 saturated heterocycles. The van der Waals surface area contributed by atoms with Crippen molar-refractivity contribution in [2.45, 2.75) is 11.8 Å². The van der Waals surface area contributed by atoms with Crippen LogP contribution < -0.4 is 14.8 Å². The standard InChI is InChI=1S/C22H22N2O4S/c1-17-9-5-8-14-21(17)28-16-15-23-22(25)19-12-6-7-13-20(19)24-29(26,27)18-10-3-2-4-11-18/h2-14,24H,15-16H2,1H3,(H,23,25). The molecule has 0 unspecified atom stereocenters. The van der Waals surface area contributed by atoms with Gasteiger partial charge in [-0.15, -0.1) is 0 Å². The van der Waals surface area contributed by atoms with Crippen molar-refractivity contribution in [2.75, 3.05) is 17.9 Å². The molecule has 1 amide bonds. The molecule has 0 fully saturated rings. The van der Waals surface area contributed by atoms with Crippen molar-refractivity contribution in [1.29, 1.82) is 0 Å². The van der Waals surface area contributed by atoms with Gasteiger partial charge in [0.05, 0.1) is 22.7 Å². The van der Waals surface area contributed by atoms with Gasteiger partial charge in [0, 0.05) is 0 Å². The Labute approximate surface area is 170 Å². The van der Waals surface area contributed by atoms with Crippen LogP contribution in [0, 0.1) is 6.92 Å². The molecule has 2 N–H and O–H groups in total. The number of anilines is 1. The monoisotopic (exact) mass is 410 g/mol. The molecule has 7 heteroatoms. The van der Waals surface area contributed by atoms with E-state index in [1.165, 1.54) is 12.1 Å². The predicted octanol–water partition coefficient (Wildman–Crippen LogP) is 3.60. The van der Waals surface area contributed by atoms with E-state index in [0.717, 1.165) is 11.3 Å². The van der Waals surface area contributed by atoms with Crippen LogP contribution in [0.2, 0.25) is 0 Å². The molecule has 0 radical (unpaired) electrons. The number of amides is 1. The van der Waals surface area contributed by atoms with Crippen LogP contribution in [0.1, 0.15) is 15.9 Å². The molecule has 0 spiro atoms. The zero-order valence-electron chi connectivity index (χ0n) is 16.0. The fourth-order valence-corrected chi connectivity index (χ4v) is 3.81. The molecule has 3 aromatic carbocycles.